The largest absolute Gasteiger partial charge is 0.397 e. The summed E-state index contributed by atoms with van der Waals surface area (Å²) in [7, 11) is 0. The van der Waals surface area contributed by atoms with Gasteiger partial charge in [0.25, 0.3) is 0 Å². The standard InChI is InChI=1S/C15H20ClN3O2/c16-9-1-4-13(17)14(5-9)18-15(21)8-19-10-2-3-11(19)7-12(20)6-10/h1,4-5,10-12,20H,2-3,6-8,17H2,(H,18,21). The Morgan fingerprint density at radius 2 is 2.05 bits per heavy atom. The number of piperidine rings is 1. The van der Waals surface area contributed by atoms with Gasteiger partial charge in [-0.3, -0.25) is 9.69 Å². The number of benzene rings is 1. The van der Waals surface area contributed by atoms with Crippen molar-refractivity contribution in [2.45, 2.75) is 43.9 Å². The van der Waals surface area contributed by atoms with Gasteiger partial charge in [0, 0.05) is 17.1 Å². The van der Waals surface area contributed by atoms with Gasteiger partial charge in [-0.25, -0.2) is 0 Å². The van der Waals surface area contributed by atoms with Gasteiger partial charge < -0.3 is 16.2 Å². The van der Waals surface area contributed by atoms with Crippen LogP contribution in [0.2, 0.25) is 5.02 Å². The molecule has 1 amide bonds. The highest BCUT2D eigenvalue weighted by atomic mass is 35.5. The molecule has 0 spiro atoms. The zero-order valence-electron chi connectivity index (χ0n) is 11.8. The molecule has 6 heteroatoms. The Labute approximate surface area is 129 Å². The molecule has 2 aliphatic rings. The molecule has 2 saturated heterocycles. The Balaban J connectivity index is 1.63. The van der Waals surface area contributed by atoms with Gasteiger partial charge in [-0.15, -0.1) is 0 Å². The van der Waals surface area contributed by atoms with Crippen molar-refractivity contribution in [3.05, 3.63) is 23.2 Å². The summed E-state index contributed by atoms with van der Waals surface area (Å²) >= 11 is 5.92. The quantitative estimate of drug-likeness (QED) is 0.745. The van der Waals surface area contributed by atoms with E-state index in [4.69, 9.17) is 17.3 Å². The van der Waals surface area contributed by atoms with Crippen LogP contribution < -0.4 is 11.1 Å². The number of carbonyl (C=O) groups is 1. The Morgan fingerprint density at radius 1 is 1.38 bits per heavy atom. The first-order chi connectivity index (χ1) is 10.0. The molecule has 3 rings (SSSR count). The molecular formula is C15H20ClN3O2. The fourth-order valence-corrected chi connectivity index (χ4v) is 3.67. The minimum absolute atomic E-state index is 0.0859. The maximum Gasteiger partial charge on any atom is 0.238 e. The van der Waals surface area contributed by atoms with Gasteiger partial charge in [-0.1, -0.05) is 11.6 Å². The van der Waals surface area contributed by atoms with Crippen LogP contribution in [0.4, 0.5) is 11.4 Å². The number of aliphatic hydroxyl groups is 1. The van der Waals surface area contributed by atoms with Crippen molar-refractivity contribution < 1.29 is 9.90 Å². The number of halogens is 1. The van der Waals surface area contributed by atoms with E-state index in [9.17, 15) is 9.90 Å². The molecular weight excluding hydrogens is 290 g/mol. The van der Waals surface area contributed by atoms with Crippen LogP contribution >= 0.6 is 11.6 Å². The topological polar surface area (TPSA) is 78.6 Å². The number of nitrogens with one attached hydrogen (secondary N) is 1. The summed E-state index contributed by atoms with van der Waals surface area (Å²) in [6, 6.07) is 5.67. The van der Waals surface area contributed by atoms with Crippen molar-refractivity contribution in [3.8, 4) is 0 Å². The lowest BCUT2D eigenvalue weighted by molar-refractivity contribution is -0.119. The summed E-state index contributed by atoms with van der Waals surface area (Å²) in [6.07, 6.45) is 3.44. The number of carbonyl (C=O) groups excluding carboxylic acids is 1. The average Bonchev–Trinajstić information content (AvgIpc) is 2.66. The summed E-state index contributed by atoms with van der Waals surface area (Å²) in [5.41, 5.74) is 6.89. The number of fused-ring (bicyclic) bond motifs is 2. The molecule has 2 fully saturated rings. The van der Waals surface area contributed by atoms with Gasteiger partial charge in [0.05, 0.1) is 24.0 Å². The number of nitrogen functional groups attached to an aromatic ring is 1. The normalized spacial score (nSPS) is 28.6. The van der Waals surface area contributed by atoms with E-state index in [-0.39, 0.29) is 12.0 Å². The molecule has 0 saturated carbocycles. The van der Waals surface area contributed by atoms with Crippen molar-refractivity contribution in [2.24, 2.45) is 0 Å². The van der Waals surface area contributed by atoms with E-state index in [0.717, 1.165) is 25.7 Å². The Hall–Kier alpha value is -1.30. The monoisotopic (exact) mass is 309 g/mol. The van der Waals surface area contributed by atoms with Crippen molar-refractivity contribution >= 4 is 28.9 Å². The molecule has 1 aromatic carbocycles. The fourth-order valence-electron chi connectivity index (χ4n) is 3.50. The van der Waals surface area contributed by atoms with Gasteiger partial charge in [0.15, 0.2) is 0 Å². The van der Waals surface area contributed by atoms with Gasteiger partial charge >= 0.3 is 0 Å². The first-order valence-electron chi connectivity index (χ1n) is 7.31. The maximum absolute atomic E-state index is 12.2. The molecule has 2 unspecified atom stereocenters. The van der Waals surface area contributed by atoms with Crippen LogP contribution in [0.5, 0.6) is 0 Å². The van der Waals surface area contributed by atoms with E-state index in [2.05, 4.69) is 10.2 Å². The van der Waals surface area contributed by atoms with Crippen molar-refractivity contribution in [1.29, 1.82) is 0 Å². The van der Waals surface area contributed by atoms with Crippen molar-refractivity contribution in [3.63, 3.8) is 0 Å². The number of aliphatic hydroxyl groups excluding tert-OH is 1. The van der Waals surface area contributed by atoms with Crippen LogP contribution in [-0.4, -0.2) is 40.6 Å². The summed E-state index contributed by atoms with van der Waals surface area (Å²) < 4.78 is 0. The summed E-state index contributed by atoms with van der Waals surface area (Å²) in [4.78, 5) is 14.4. The molecule has 114 valence electrons. The Bertz CT molecular complexity index is 538. The Morgan fingerprint density at radius 3 is 2.71 bits per heavy atom. The summed E-state index contributed by atoms with van der Waals surface area (Å²) in [5, 5.41) is 13.2. The molecule has 4 N–H and O–H groups in total. The molecule has 1 aromatic rings. The number of rotatable bonds is 3. The van der Waals surface area contributed by atoms with Crippen LogP contribution in [0, 0.1) is 0 Å². The van der Waals surface area contributed by atoms with E-state index in [0.29, 0.717) is 35.0 Å². The van der Waals surface area contributed by atoms with E-state index >= 15 is 0 Å². The highest BCUT2D eigenvalue weighted by molar-refractivity contribution is 6.31. The number of nitrogens with two attached hydrogens (primary N) is 1. The zero-order valence-corrected chi connectivity index (χ0v) is 12.5. The zero-order chi connectivity index (χ0) is 15.0. The van der Waals surface area contributed by atoms with Gasteiger partial charge in [-0.05, 0) is 43.9 Å². The lowest BCUT2D eigenvalue weighted by Crippen LogP contribution is -2.47. The van der Waals surface area contributed by atoms with Gasteiger partial charge in [0.1, 0.15) is 0 Å². The third kappa shape index (κ3) is 3.15. The van der Waals surface area contributed by atoms with E-state index in [1.807, 2.05) is 0 Å². The highest BCUT2D eigenvalue weighted by Gasteiger charge is 2.40. The van der Waals surface area contributed by atoms with Crippen molar-refractivity contribution in [2.75, 3.05) is 17.6 Å². The minimum Gasteiger partial charge on any atom is -0.397 e. The minimum atomic E-state index is -0.217. The highest BCUT2D eigenvalue weighted by Crippen LogP contribution is 2.35. The van der Waals surface area contributed by atoms with Crippen molar-refractivity contribution in [1.82, 2.24) is 4.90 Å². The predicted molar refractivity (Wildman–Crippen MR) is 83.3 cm³/mol. The molecule has 0 aliphatic carbocycles. The van der Waals surface area contributed by atoms with E-state index in [1.165, 1.54) is 0 Å². The summed E-state index contributed by atoms with van der Waals surface area (Å²) in [5.74, 6) is -0.0859. The predicted octanol–water partition coefficient (Wildman–Crippen LogP) is 1.85. The van der Waals surface area contributed by atoms with Crippen LogP contribution in [0.3, 0.4) is 0 Å². The second-order valence-corrected chi connectivity index (χ2v) is 6.40. The molecule has 21 heavy (non-hydrogen) atoms. The Kier molecular flexibility index (Phi) is 4.06. The average molecular weight is 310 g/mol. The molecule has 5 nitrogen and oxygen atoms in total. The smallest absolute Gasteiger partial charge is 0.238 e. The second kappa shape index (κ2) is 5.83. The first kappa shape index (κ1) is 14.6. The molecule has 0 radical (unpaired) electrons. The van der Waals surface area contributed by atoms with Crippen LogP contribution in [0.25, 0.3) is 0 Å². The number of nitrogens with zero attached hydrogens (tertiary/aromatic N) is 1. The number of anilines is 2. The lowest BCUT2D eigenvalue weighted by atomic mass is 10.00. The molecule has 2 atom stereocenters. The fraction of sp³-hybridized carbons (Fsp3) is 0.533. The van der Waals surface area contributed by atoms with Gasteiger partial charge in [0.2, 0.25) is 5.91 Å². The number of hydrogen-bond acceptors (Lipinski definition) is 4. The maximum atomic E-state index is 12.2. The van der Waals surface area contributed by atoms with Crippen LogP contribution in [0.15, 0.2) is 18.2 Å². The summed E-state index contributed by atoms with van der Waals surface area (Å²) in [6.45, 7) is 0.341. The number of amides is 1. The number of hydrogen-bond donors (Lipinski definition) is 3. The second-order valence-electron chi connectivity index (χ2n) is 5.96. The van der Waals surface area contributed by atoms with Crippen LogP contribution in [0.1, 0.15) is 25.7 Å². The van der Waals surface area contributed by atoms with E-state index < -0.39 is 0 Å². The lowest BCUT2D eigenvalue weighted by Gasteiger charge is -2.36. The first-order valence-corrected chi connectivity index (χ1v) is 7.69. The SMILES string of the molecule is Nc1ccc(Cl)cc1NC(=O)CN1C2CCC1CC(O)C2. The molecule has 0 aromatic heterocycles. The molecule has 2 aliphatic heterocycles. The molecule has 2 bridgehead atoms. The third-order valence-corrected chi connectivity index (χ3v) is 4.71. The van der Waals surface area contributed by atoms with Gasteiger partial charge in [-0.2, -0.15) is 0 Å². The van der Waals surface area contributed by atoms with Crippen LogP contribution in [-0.2, 0) is 4.79 Å². The third-order valence-electron chi connectivity index (χ3n) is 4.48. The molecule has 2 heterocycles. The van der Waals surface area contributed by atoms with E-state index in [1.54, 1.807) is 18.2 Å².